The highest BCUT2D eigenvalue weighted by Gasteiger charge is 2.13. The van der Waals surface area contributed by atoms with Gasteiger partial charge in [0.1, 0.15) is 6.29 Å². The van der Waals surface area contributed by atoms with E-state index in [4.69, 9.17) is 4.74 Å². The Labute approximate surface area is 115 Å². The van der Waals surface area contributed by atoms with Gasteiger partial charge in [-0.25, -0.2) is 0 Å². The Morgan fingerprint density at radius 1 is 1.26 bits per heavy atom. The van der Waals surface area contributed by atoms with E-state index in [0.29, 0.717) is 12.3 Å². The van der Waals surface area contributed by atoms with Crippen LogP contribution in [0.5, 0.6) is 0 Å². The summed E-state index contributed by atoms with van der Waals surface area (Å²) in [6, 6.07) is 8.82. The molecule has 1 aromatic rings. The first-order valence-electron chi connectivity index (χ1n) is 7.21. The lowest BCUT2D eigenvalue weighted by molar-refractivity contribution is -0.108. The van der Waals surface area contributed by atoms with Crippen molar-refractivity contribution in [3.63, 3.8) is 0 Å². The van der Waals surface area contributed by atoms with Crippen LogP contribution in [0.15, 0.2) is 24.3 Å². The molecule has 104 valence electrons. The van der Waals surface area contributed by atoms with Crippen LogP contribution in [-0.2, 0) is 9.53 Å². The van der Waals surface area contributed by atoms with Gasteiger partial charge in [0.05, 0.1) is 13.2 Å². The fraction of sp³-hybridized carbons (Fsp3) is 0.562. The van der Waals surface area contributed by atoms with Crippen molar-refractivity contribution in [1.29, 1.82) is 0 Å². The van der Waals surface area contributed by atoms with Crippen molar-refractivity contribution >= 4 is 12.0 Å². The fourth-order valence-electron chi connectivity index (χ4n) is 2.65. The number of aldehydes is 1. The van der Waals surface area contributed by atoms with Gasteiger partial charge >= 0.3 is 0 Å². The van der Waals surface area contributed by atoms with Gasteiger partial charge in [0.25, 0.3) is 0 Å². The molecule has 0 aliphatic carbocycles. The minimum Gasteiger partial charge on any atom is -0.378 e. The largest absolute Gasteiger partial charge is 0.378 e. The summed E-state index contributed by atoms with van der Waals surface area (Å²) in [5, 5.41) is 0. The molecule has 1 aliphatic heterocycles. The maximum Gasteiger partial charge on any atom is 0.120 e. The molecule has 0 aromatic heterocycles. The number of rotatable bonds is 6. The van der Waals surface area contributed by atoms with E-state index in [1.54, 1.807) is 0 Å². The van der Waals surface area contributed by atoms with Crippen molar-refractivity contribution in [2.45, 2.75) is 32.1 Å². The van der Waals surface area contributed by atoms with Crippen LogP contribution in [0.2, 0.25) is 0 Å². The van der Waals surface area contributed by atoms with Gasteiger partial charge in [0.15, 0.2) is 0 Å². The average molecular weight is 261 g/mol. The van der Waals surface area contributed by atoms with Crippen molar-refractivity contribution in [1.82, 2.24) is 0 Å². The molecule has 1 unspecified atom stereocenters. The first kappa shape index (κ1) is 14.1. The first-order chi connectivity index (χ1) is 9.35. The van der Waals surface area contributed by atoms with Crippen LogP contribution >= 0.6 is 0 Å². The summed E-state index contributed by atoms with van der Waals surface area (Å²) in [5.41, 5.74) is 2.62. The zero-order chi connectivity index (χ0) is 13.5. The summed E-state index contributed by atoms with van der Waals surface area (Å²) >= 11 is 0. The van der Waals surface area contributed by atoms with E-state index in [-0.39, 0.29) is 0 Å². The standard InChI is InChI=1S/C16H23NO2/c1-2-14(4-3-11-18)15-5-7-16(8-6-15)17-9-12-19-13-10-17/h5-8,11,14H,2-4,9-10,12-13H2,1H3. The van der Waals surface area contributed by atoms with Crippen LogP contribution in [0.4, 0.5) is 5.69 Å². The van der Waals surface area contributed by atoms with Gasteiger partial charge in [-0.3, -0.25) is 0 Å². The van der Waals surface area contributed by atoms with Crippen molar-refractivity contribution in [3.8, 4) is 0 Å². The third-order valence-corrected chi connectivity index (χ3v) is 3.87. The molecule has 0 spiro atoms. The topological polar surface area (TPSA) is 29.5 Å². The summed E-state index contributed by atoms with van der Waals surface area (Å²) in [6.45, 7) is 5.77. The summed E-state index contributed by atoms with van der Waals surface area (Å²) < 4.78 is 5.37. The van der Waals surface area contributed by atoms with Crippen molar-refractivity contribution in [2.24, 2.45) is 0 Å². The Morgan fingerprint density at radius 2 is 1.95 bits per heavy atom. The maximum absolute atomic E-state index is 10.5. The molecular formula is C16H23NO2. The summed E-state index contributed by atoms with van der Waals surface area (Å²) in [7, 11) is 0. The number of carbonyl (C=O) groups excluding carboxylic acids is 1. The molecule has 1 fully saturated rings. The average Bonchev–Trinajstić information content (AvgIpc) is 2.49. The quantitative estimate of drug-likeness (QED) is 0.737. The van der Waals surface area contributed by atoms with Gasteiger partial charge in [-0.05, 0) is 36.5 Å². The van der Waals surface area contributed by atoms with Crippen LogP contribution in [0.25, 0.3) is 0 Å². The fourth-order valence-corrected chi connectivity index (χ4v) is 2.65. The monoisotopic (exact) mass is 261 g/mol. The molecular weight excluding hydrogens is 238 g/mol. The molecule has 0 N–H and O–H groups in total. The highest BCUT2D eigenvalue weighted by Crippen LogP contribution is 2.26. The molecule has 2 rings (SSSR count). The molecule has 0 amide bonds. The minimum absolute atomic E-state index is 0.504. The number of hydrogen-bond donors (Lipinski definition) is 0. The van der Waals surface area contributed by atoms with E-state index in [9.17, 15) is 4.79 Å². The van der Waals surface area contributed by atoms with Crippen molar-refractivity contribution < 1.29 is 9.53 Å². The number of carbonyl (C=O) groups is 1. The molecule has 1 aromatic carbocycles. The maximum atomic E-state index is 10.5. The number of nitrogens with zero attached hydrogens (tertiary/aromatic N) is 1. The van der Waals surface area contributed by atoms with E-state index < -0.39 is 0 Å². The Bertz CT molecular complexity index is 382. The summed E-state index contributed by atoms with van der Waals surface area (Å²) in [4.78, 5) is 12.9. The van der Waals surface area contributed by atoms with E-state index >= 15 is 0 Å². The number of anilines is 1. The van der Waals surface area contributed by atoms with Crippen molar-refractivity contribution in [2.75, 3.05) is 31.2 Å². The molecule has 0 saturated carbocycles. The number of benzene rings is 1. The molecule has 0 radical (unpaired) electrons. The smallest absolute Gasteiger partial charge is 0.120 e. The lowest BCUT2D eigenvalue weighted by Gasteiger charge is -2.29. The summed E-state index contributed by atoms with van der Waals surface area (Å²) in [6.07, 6.45) is 3.72. The van der Waals surface area contributed by atoms with Gasteiger partial charge < -0.3 is 14.4 Å². The van der Waals surface area contributed by atoms with Gasteiger partial charge in [-0.1, -0.05) is 19.1 Å². The number of hydrogen-bond acceptors (Lipinski definition) is 3. The molecule has 19 heavy (non-hydrogen) atoms. The Kier molecular flexibility index (Phi) is 5.40. The predicted octanol–water partition coefficient (Wildman–Crippen LogP) is 3.00. The lowest BCUT2D eigenvalue weighted by atomic mass is 9.92. The Balaban J connectivity index is 2.01. The second-order valence-corrected chi connectivity index (χ2v) is 5.04. The van der Waals surface area contributed by atoms with Crippen LogP contribution in [0, 0.1) is 0 Å². The van der Waals surface area contributed by atoms with Crippen LogP contribution in [0.1, 0.15) is 37.7 Å². The molecule has 1 saturated heterocycles. The van der Waals surface area contributed by atoms with Gasteiger partial charge in [0, 0.05) is 25.2 Å². The minimum atomic E-state index is 0.504. The Morgan fingerprint density at radius 3 is 2.53 bits per heavy atom. The third-order valence-electron chi connectivity index (χ3n) is 3.87. The molecule has 0 bridgehead atoms. The summed E-state index contributed by atoms with van der Waals surface area (Å²) in [5.74, 6) is 0.504. The lowest BCUT2D eigenvalue weighted by Crippen LogP contribution is -2.36. The first-order valence-corrected chi connectivity index (χ1v) is 7.21. The van der Waals surface area contributed by atoms with Gasteiger partial charge in [-0.2, -0.15) is 0 Å². The zero-order valence-corrected chi connectivity index (χ0v) is 11.7. The number of ether oxygens (including phenoxy) is 1. The Hall–Kier alpha value is -1.35. The van der Waals surface area contributed by atoms with Crippen molar-refractivity contribution in [3.05, 3.63) is 29.8 Å². The van der Waals surface area contributed by atoms with E-state index in [2.05, 4.69) is 36.1 Å². The highest BCUT2D eigenvalue weighted by molar-refractivity contribution is 5.50. The normalized spacial score (nSPS) is 17.2. The molecule has 1 heterocycles. The third kappa shape index (κ3) is 3.80. The second-order valence-electron chi connectivity index (χ2n) is 5.04. The van der Waals surface area contributed by atoms with Crippen LogP contribution < -0.4 is 4.90 Å². The number of morpholine rings is 1. The SMILES string of the molecule is CCC(CCC=O)c1ccc(N2CCOCC2)cc1. The van der Waals surface area contributed by atoms with Crippen LogP contribution in [0.3, 0.4) is 0 Å². The van der Waals surface area contributed by atoms with E-state index in [0.717, 1.165) is 45.4 Å². The second kappa shape index (κ2) is 7.29. The zero-order valence-electron chi connectivity index (χ0n) is 11.7. The predicted molar refractivity (Wildman–Crippen MR) is 77.8 cm³/mol. The molecule has 1 atom stereocenters. The highest BCUT2D eigenvalue weighted by atomic mass is 16.5. The van der Waals surface area contributed by atoms with E-state index in [1.807, 2.05) is 0 Å². The van der Waals surface area contributed by atoms with Gasteiger partial charge in [-0.15, -0.1) is 0 Å². The van der Waals surface area contributed by atoms with E-state index in [1.165, 1.54) is 11.3 Å². The van der Waals surface area contributed by atoms with Crippen LogP contribution in [-0.4, -0.2) is 32.6 Å². The molecule has 1 aliphatic rings. The van der Waals surface area contributed by atoms with Gasteiger partial charge in [0.2, 0.25) is 0 Å². The molecule has 3 heteroatoms. The molecule has 3 nitrogen and oxygen atoms in total.